The van der Waals surface area contributed by atoms with Gasteiger partial charge in [0, 0.05) is 13.1 Å². The third-order valence-corrected chi connectivity index (χ3v) is 5.66. The molecule has 18 heavy (non-hydrogen) atoms. The Hall–Kier alpha value is -0.603. The Labute approximate surface area is 114 Å². The molecule has 0 saturated carbocycles. The molecule has 0 aliphatic carbocycles. The van der Waals surface area contributed by atoms with Gasteiger partial charge in [-0.25, -0.2) is 0 Å². The van der Waals surface area contributed by atoms with Gasteiger partial charge in [0.2, 0.25) is 0 Å². The van der Waals surface area contributed by atoms with E-state index in [1.807, 2.05) is 0 Å². The van der Waals surface area contributed by atoms with Crippen molar-refractivity contribution in [2.24, 2.45) is 5.92 Å². The van der Waals surface area contributed by atoms with Crippen LogP contribution in [0.2, 0.25) is 19.6 Å². The van der Waals surface area contributed by atoms with Crippen LogP contribution >= 0.6 is 0 Å². The zero-order valence-corrected chi connectivity index (χ0v) is 14.0. The average Bonchev–Trinajstić information content (AvgIpc) is 2.28. The second-order valence-corrected chi connectivity index (χ2v) is 11.7. The summed E-state index contributed by atoms with van der Waals surface area (Å²) in [6, 6.07) is 9.28. The van der Waals surface area contributed by atoms with E-state index in [2.05, 4.69) is 69.7 Å². The van der Waals surface area contributed by atoms with E-state index in [0.717, 1.165) is 12.5 Å². The van der Waals surface area contributed by atoms with E-state index >= 15 is 0 Å². The first kappa shape index (κ1) is 15.5. The van der Waals surface area contributed by atoms with Crippen molar-refractivity contribution >= 4 is 13.3 Å². The quantitative estimate of drug-likeness (QED) is 0.707. The highest BCUT2D eigenvalue weighted by Crippen LogP contribution is 2.09. The Balaban J connectivity index is 2.58. The lowest BCUT2D eigenvalue weighted by atomic mass is 10.1. The Bertz CT molecular complexity index is 350. The summed E-state index contributed by atoms with van der Waals surface area (Å²) in [5.41, 5.74) is 1.43. The molecule has 2 heteroatoms. The van der Waals surface area contributed by atoms with E-state index < -0.39 is 8.07 Å². The fraction of sp³-hybridized carbons (Fsp3) is 0.625. The van der Waals surface area contributed by atoms with Gasteiger partial charge in [-0.15, -0.1) is 0 Å². The SMILES string of the molecule is CCC(C)CN(C)Cc1ccc([Si](C)(C)C)cc1. The van der Waals surface area contributed by atoms with Gasteiger partial charge in [-0.05, 0) is 18.5 Å². The molecule has 102 valence electrons. The highest BCUT2D eigenvalue weighted by atomic mass is 28.3. The summed E-state index contributed by atoms with van der Waals surface area (Å²) >= 11 is 0. The van der Waals surface area contributed by atoms with Gasteiger partial charge in [0.1, 0.15) is 0 Å². The predicted octanol–water partition coefficient (Wildman–Crippen LogP) is 3.71. The molecule has 1 atom stereocenters. The van der Waals surface area contributed by atoms with Crippen molar-refractivity contribution in [1.29, 1.82) is 0 Å². The molecule has 0 aliphatic rings. The number of hydrogen-bond donors (Lipinski definition) is 0. The van der Waals surface area contributed by atoms with Crippen LogP contribution in [0.5, 0.6) is 0 Å². The van der Waals surface area contributed by atoms with Gasteiger partial charge in [0.15, 0.2) is 0 Å². The van der Waals surface area contributed by atoms with Crippen LogP contribution in [0.1, 0.15) is 25.8 Å². The summed E-state index contributed by atoms with van der Waals surface area (Å²) in [5.74, 6) is 0.788. The Kier molecular flexibility index (Phi) is 5.61. The van der Waals surface area contributed by atoms with E-state index in [-0.39, 0.29) is 0 Å². The lowest BCUT2D eigenvalue weighted by molar-refractivity contribution is 0.275. The van der Waals surface area contributed by atoms with Gasteiger partial charge < -0.3 is 4.90 Å². The normalized spacial score (nSPS) is 13.9. The molecule has 1 rings (SSSR count). The van der Waals surface area contributed by atoms with Crippen LogP contribution in [-0.2, 0) is 6.54 Å². The van der Waals surface area contributed by atoms with Crippen molar-refractivity contribution in [3.8, 4) is 0 Å². The van der Waals surface area contributed by atoms with Crippen molar-refractivity contribution in [3.63, 3.8) is 0 Å². The number of nitrogens with zero attached hydrogens (tertiary/aromatic N) is 1. The lowest BCUT2D eigenvalue weighted by Gasteiger charge is -2.21. The van der Waals surface area contributed by atoms with E-state index in [4.69, 9.17) is 0 Å². The summed E-state index contributed by atoms with van der Waals surface area (Å²) < 4.78 is 0. The molecule has 1 aromatic rings. The zero-order valence-electron chi connectivity index (χ0n) is 13.0. The second-order valence-electron chi connectivity index (χ2n) is 6.66. The summed E-state index contributed by atoms with van der Waals surface area (Å²) in [5, 5.41) is 1.55. The van der Waals surface area contributed by atoms with Gasteiger partial charge in [0.05, 0.1) is 8.07 Å². The maximum atomic E-state index is 2.43. The lowest BCUT2D eigenvalue weighted by Crippen LogP contribution is -2.37. The summed E-state index contributed by atoms with van der Waals surface area (Å²) in [6.07, 6.45) is 1.26. The third-order valence-electron chi connectivity index (χ3n) is 3.59. The van der Waals surface area contributed by atoms with Crippen LogP contribution in [0.3, 0.4) is 0 Å². The van der Waals surface area contributed by atoms with Crippen LogP contribution in [-0.4, -0.2) is 26.6 Å². The fourth-order valence-electron chi connectivity index (χ4n) is 2.15. The molecule has 0 spiro atoms. The monoisotopic (exact) mass is 263 g/mol. The fourth-order valence-corrected chi connectivity index (χ4v) is 3.31. The zero-order chi connectivity index (χ0) is 13.8. The minimum atomic E-state index is -1.14. The molecule has 0 amide bonds. The molecule has 0 heterocycles. The summed E-state index contributed by atoms with van der Waals surface area (Å²) in [7, 11) is 1.08. The molecule has 0 fully saturated rings. The first-order valence-corrected chi connectivity index (χ1v) is 10.6. The topological polar surface area (TPSA) is 3.24 Å². The molecule has 0 bridgehead atoms. The van der Waals surface area contributed by atoms with Crippen LogP contribution in [0.25, 0.3) is 0 Å². The highest BCUT2D eigenvalue weighted by molar-refractivity contribution is 6.88. The smallest absolute Gasteiger partial charge is 0.0775 e. The molecule has 1 aromatic carbocycles. The molecule has 1 nitrogen and oxygen atoms in total. The van der Waals surface area contributed by atoms with Gasteiger partial charge in [-0.1, -0.05) is 69.4 Å². The Morgan fingerprint density at radius 2 is 1.67 bits per heavy atom. The van der Waals surface area contributed by atoms with Crippen LogP contribution in [0.4, 0.5) is 0 Å². The molecule has 0 aliphatic heterocycles. The first-order valence-electron chi connectivity index (χ1n) is 7.11. The summed E-state index contributed by atoms with van der Waals surface area (Å²) in [6.45, 7) is 14.0. The molecular formula is C16H29NSi. The average molecular weight is 264 g/mol. The standard InChI is InChI=1S/C16H29NSi/c1-7-14(2)12-17(3)13-15-8-10-16(11-9-15)18(4,5)6/h8-11,14H,7,12-13H2,1-6H3. The van der Waals surface area contributed by atoms with Crippen LogP contribution in [0, 0.1) is 5.92 Å². The maximum Gasteiger partial charge on any atom is 0.0775 e. The minimum Gasteiger partial charge on any atom is -0.302 e. The van der Waals surface area contributed by atoms with Gasteiger partial charge in [-0.3, -0.25) is 0 Å². The number of hydrogen-bond acceptors (Lipinski definition) is 1. The van der Waals surface area contributed by atoms with E-state index in [9.17, 15) is 0 Å². The maximum absolute atomic E-state index is 2.43. The molecular weight excluding hydrogens is 234 g/mol. The molecule has 0 saturated heterocycles. The summed E-state index contributed by atoms with van der Waals surface area (Å²) in [4.78, 5) is 2.43. The van der Waals surface area contributed by atoms with Crippen LogP contribution < -0.4 is 5.19 Å². The molecule has 0 aromatic heterocycles. The van der Waals surface area contributed by atoms with Crippen molar-refractivity contribution in [3.05, 3.63) is 29.8 Å². The molecule has 0 radical (unpaired) electrons. The van der Waals surface area contributed by atoms with Gasteiger partial charge in [-0.2, -0.15) is 0 Å². The van der Waals surface area contributed by atoms with Crippen molar-refractivity contribution in [1.82, 2.24) is 4.90 Å². The van der Waals surface area contributed by atoms with Crippen LogP contribution in [0.15, 0.2) is 24.3 Å². The first-order chi connectivity index (χ1) is 8.32. The van der Waals surface area contributed by atoms with Crippen molar-refractivity contribution in [2.45, 2.75) is 46.5 Å². The molecule has 1 unspecified atom stereocenters. The van der Waals surface area contributed by atoms with E-state index in [1.54, 1.807) is 5.19 Å². The second kappa shape index (κ2) is 6.53. The van der Waals surface area contributed by atoms with Crippen molar-refractivity contribution in [2.75, 3.05) is 13.6 Å². The third kappa shape index (κ3) is 4.95. The Morgan fingerprint density at radius 3 is 2.11 bits per heavy atom. The highest BCUT2D eigenvalue weighted by Gasteiger charge is 2.15. The van der Waals surface area contributed by atoms with E-state index in [0.29, 0.717) is 0 Å². The van der Waals surface area contributed by atoms with Gasteiger partial charge in [0.25, 0.3) is 0 Å². The number of benzene rings is 1. The minimum absolute atomic E-state index is 0.788. The Morgan fingerprint density at radius 1 is 1.11 bits per heavy atom. The van der Waals surface area contributed by atoms with E-state index in [1.165, 1.54) is 18.5 Å². The molecule has 0 N–H and O–H groups in total. The van der Waals surface area contributed by atoms with Crippen molar-refractivity contribution < 1.29 is 0 Å². The largest absolute Gasteiger partial charge is 0.302 e. The number of rotatable bonds is 6. The van der Waals surface area contributed by atoms with Gasteiger partial charge >= 0.3 is 0 Å². The predicted molar refractivity (Wildman–Crippen MR) is 85.2 cm³/mol.